The monoisotopic (exact) mass is 304 g/mol. The average molecular weight is 304 g/mol. The van der Waals surface area contributed by atoms with Crippen LogP contribution in [0.25, 0.3) is 21.9 Å². The van der Waals surface area contributed by atoms with Gasteiger partial charge in [-0.3, -0.25) is 0 Å². The summed E-state index contributed by atoms with van der Waals surface area (Å²) in [6.07, 6.45) is 2.99. The van der Waals surface area contributed by atoms with Gasteiger partial charge < -0.3 is 5.11 Å². The lowest BCUT2D eigenvalue weighted by molar-refractivity contribution is 0.478. The second-order valence-electron chi connectivity index (χ2n) is 6.07. The van der Waals surface area contributed by atoms with Crippen molar-refractivity contribution in [2.45, 2.75) is 40.0 Å². The number of fused-ring (bicyclic) bond motifs is 1. The van der Waals surface area contributed by atoms with Gasteiger partial charge in [0.25, 0.3) is 0 Å². The molecule has 23 heavy (non-hydrogen) atoms. The van der Waals surface area contributed by atoms with Crippen LogP contribution in [-0.2, 0) is 19.3 Å². The molecular weight excluding hydrogens is 280 g/mol. The van der Waals surface area contributed by atoms with Crippen molar-refractivity contribution in [3.8, 4) is 16.9 Å². The van der Waals surface area contributed by atoms with E-state index in [9.17, 15) is 5.11 Å². The summed E-state index contributed by atoms with van der Waals surface area (Å²) in [5.74, 6) is 0.373. The molecule has 1 N–H and O–H groups in total. The predicted octanol–water partition coefficient (Wildman–Crippen LogP) is 5.90. The highest BCUT2D eigenvalue weighted by molar-refractivity contribution is 5.91. The summed E-state index contributed by atoms with van der Waals surface area (Å²) >= 11 is 0. The fourth-order valence-corrected chi connectivity index (χ4v) is 3.38. The summed E-state index contributed by atoms with van der Waals surface area (Å²) < 4.78 is 0. The van der Waals surface area contributed by atoms with E-state index in [2.05, 4.69) is 45.0 Å². The molecule has 0 unspecified atom stereocenters. The predicted molar refractivity (Wildman–Crippen MR) is 99.2 cm³/mol. The van der Waals surface area contributed by atoms with E-state index in [0.29, 0.717) is 5.75 Å². The number of hydrogen-bond acceptors (Lipinski definition) is 1. The standard InChI is InChI=1S/C22H24O/c1-4-15-11-16(5-2)22(17(6-3)12-15)20-13-18-9-7-8-10-19(18)14-21(20)23/h7-14,23H,4-6H2,1-3H3. The van der Waals surface area contributed by atoms with Crippen molar-refractivity contribution in [3.63, 3.8) is 0 Å². The highest BCUT2D eigenvalue weighted by Gasteiger charge is 2.15. The van der Waals surface area contributed by atoms with E-state index in [0.717, 1.165) is 30.2 Å². The van der Waals surface area contributed by atoms with Crippen molar-refractivity contribution >= 4 is 10.8 Å². The molecule has 0 radical (unpaired) electrons. The van der Waals surface area contributed by atoms with Crippen LogP contribution in [0.4, 0.5) is 0 Å². The van der Waals surface area contributed by atoms with Gasteiger partial charge in [-0.05, 0) is 64.4 Å². The molecule has 0 aliphatic rings. The zero-order valence-electron chi connectivity index (χ0n) is 14.2. The third-order valence-electron chi connectivity index (χ3n) is 4.66. The molecule has 0 aromatic heterocycles. The lowest BCUT2D eigenvalue weighted by Crippen LogP contribution is -1.98. The third kappa shape index (κ3) is 2.84. The van der Waals surface area contributed by atoms with Crippen molar-refractivity contribution in [2.24, 2.45) is 0 Å². The largest absolute Gasteiger partial charge is 0.507 e. The van der Waals surface area contributed by atoms with E-state index in [-0.39, 0.29) is 0 Å². The van der Waals surface area contributed by atoms with E-state index >= 15 is 0 Å². The number of aryl methyl sites for hydroxylation is 3. The van der Waals surface area contributed by atoms with Crippen LogP contribution in [0, 0.1) is 0 Å². The fourth-order valence-electron chi connectivity index (χ4n) is 3.38. The Balaban J connectivity index is 2.31. The molecule has 3 aromatic rings. The summed E-state index contributed by atoms with van der Waals surface area (Å²) in [6.45, 7) is 6.58. The molecule has 0 amide bonds. The van der Waals surface area contributed by atoms with Gasteiger partial charge in [-0.2, -0.15) is 0 Å². The van der Waals surface area contributed by atoms with Gasteiger partial charge >= 0.3 is 0 Å². The molecule has 0 fully saturated rings. The Morgan fingerprint density at radius 1 is 0.739 bits per heavy atom. The van der Waals surface area contributed by atoms with Gasteiger partial charge in [0.2, 0.25) is 0 Å². The molecule has 0 saturated heterocycles. The van der Waals surface area contributed by atoms with E-state index in [4.69, 9.17) is 0 Å². The van der Waals surface area contributed by atoms with Crippen LogP contribution in [-0.4, -0.2) is 5.11 Å². The van der Waals surface area contributed by atoms with Gasteiger partial charge in [0.1, 0.15) is 5.75 Å². The maximum atomic E-state index is 10.6. The quantitative estimate of drug-likeness (QED) is 0.636. The normalized spacial score (nSPS) is 11.1. The minimum atomic E-state index is 0.373. The van der Waals surface area contributed by atoms with Gasteiger partial charge in [0.05, 0.1) is 0 Å². The molecule has 0 saturated carbocycles. The molecule has 0 aliphatic carbocycles. The van der Waals surface area contributed by atoms with Crippen molar-refractivity contribution in [3.05, 3.63) is 65.2 Å². The molecule has 0 atom stereocenters. The van der Waals surface area contributed by atoms with Crippen LogP contribution < -0.4 is 0 Å². The molecule has 3 rings (SSSR count). The summed E-state index contributed by atoms with van der Waals surface area (Å²) in [5, 5.41) is 12.9. The lowest BCUT2D eigenvalue weighted by Gasteiger charge is -2.17. The van der Waals surface area contributed by atoms with Crippen LogP contribution in [0.1, 0.15) is 37.5 Å². The van der Waals surface area contributed by atoms with Crippen molar-refractivity contribution < 1.29 is 5.11 Å². The second kappa shape index (κ2) is 6.45. The summed E-state index contributed by atoms with van der Waals surface area (Å²) in [7, 11) is 0. The molecule has 0 heterocycles. The zero-order chi connectivity index (χ0) is 16.4. The topological polar surface area (TPSA) is 20.2 Å². The second-order valence-corrected chi connectivity index (χ2v) is 6.07. The van der Waals surface area contributed by atoms with Crippen LogP contribution in [0.5, 0.6) is 5.75 Å². The van der Waals surface area contributed by atoms with Crippen LogP contribution in [0.3, 0.4) is 0 Å². The highest BCUT2D eigenvalue weighted by Crippen LogP contribution is 2.38. The first-order valence-electron chi connectivity index (χ1n) is 8.54. The molecule has 3 aromatic carbocycles. The van der Waals surface area contributed by atoms with Gasteiger partial charge in [-0.1, -0.05) is 57.2 Å². The van der Waals surface area contributed by atoms with Crippen LogP contribution in [0.2, 0.25) is 0 Å². The number of benzene rings is 3. The number of phenols is 1. The van der Waals surface area contributed by atoms with Crippen molar-refractivity contribution in [1.29, 1.82) is 0 Å². The number of aromatic hydroxyl groups is 1. The Hall–Kier alpha value is -2.28. The Bertz CT molecular complexity index is 821. The Morgan fingerprint density at radius 2 is 1.30 bits per heavy atom. The van der Waals surface area contributed by atoms with E-state index in [1.165, 1.54) is 27.6 Å². The smallest absolute Gasteiger partial charge is 0.124 e. The first kappa shape index (κ1) is 15.6. The van der Waals surface area contributed by atoms with Gasteiger partial charge in [0.15, 0.2) is 0 Å². The van der Waals surface area contributed by atoms with Gasteiger partial charge in [-0.15, -0.1) is 0 Å². The summed E-state index contributed by atoms with van der Waals surface area (Å²) in [6, 6.07) is 16.8. The third-order valence-corrected chi connectivity index (χ3v) is 4.66. The van der Waals surface area contributed by atoms with Crippen molar-refractivity contribution in [2.75, 3.05) is 0 Å². The zero-order valence-corrected chi connectivity index (χ0v) is 14.2. The number of rotatable bonds is 4. The van der Waals surface area contributed by atoms with Crippen molar-refractivity contribution in [1.82, 2.24) is 0 Å². The lowest BCUT2D eigenvalue weighted by atomic mass is 9.88. The molecule has 1 heteroatoms. The Kier molecular flexibility index (Phi) is 4.38. The van der Waals surface area contributed by atoms with E-state index in [1.54, 1.807) is 0 Å². The first-order valence-corrected chi connectivity index (χ1v) is 8.54. The number of hydrogen-bond donors (Lipinski definition) is 1. The average Bonchev–Trinajstić information content (AvgIpc) is 2.60. The molecule has 0 bridgehead atoms. The number of phenolic OH excluding ortho intramolecular Hbond substituents is 1. The van der Waals surface area contributed by atoms with Gasteiger partial charge in [0, 0.05) is 5.56 Å². The maximum Gasteiger partial charge on any atom is 0.124 e. The maximum absolute atomic E-state index is 10.6. The fraction of sp³-hybridized carbons (Fsp3) is 0.273. The highest BCUT2D eigenvalue weighted by atomic mass is 16.3. The summed E-state index contributed by atoms with van der Waals surface area (Å²) in [4.78, 5) is 0. The first-order chi connectivity index (χ1) is 11.2. The van der Waals surface area contributed by atoms with Gasteiger partial charge in [-0.25, -0.2) is 0 Å². The van der Waals surface area contributed by atoms with E-state index in [1.807, 2.05) is 24.3 Å². The minimum absolute atomic E-state index is 0.373. The van der Waals surface area contributed by atoms with E-state index < -0.39 is 0 Å². The molecular formula is C22H24O. The summed E-state index contributed by atoms with van der Waals surface area (Å²) in [5.41, 5.74) is 6.21. The molecule has 118 valence electrons. The minimum Gasteiger partial charge on any atom is -0.507 e. The SMILES string of the molecule is CCc1cc(CC)c(-c2cc3ccccc3cc2O)c(CC)c1. The van der Waals surface area contributed by atoms with Crippen LogP contribution >= 0.6 is 0 Å². The Labute approximate surface area is 138 Å². The molecule has 1 nitrogen and oxygen atoms in total. The molecule has 0 aliphatic heterocycles. The molecule has 0 spiro atoms. The Morgan fingerprint density at radius 3 is 1.83 bits per heavy atom. The van der Waals surface area contributed by atoms with Crippen LogP contribution in [0.15, 0.2) is 48.5 Å².